The van der Waals surface area contributed by atoms with E-state index in [1.165, 1.54) is 0 Å². The SMILES string of the molecule is NNc1nccnc1-c1cc(Br)c2c(c1)OCCO2. The lowest BCUT2D eigenvalue weighted by Gasteiger charge is -2.20. The summed E-state index contributed by atoms with van der Waals surface area (Å²) in [6.45, 7) is 1.08. The van der Waals surface area contributed by atoms with Crippen LogP contribution in [0.3, 0.4) is 0 Å². The Labute approximate surface area is 118 Å². The average molecular weight is 323 g/mol. The van der Waals surface area contributed by atoms with E-state index in [-0.39, 0.29) is 0 Å². The third kappa shape index (κ3) is 2.22. The lowest BCUT2D eigenvalue weighted by molar-refractivity contribution is 0.170. The van der Waals surface area contributed by atoms with Crippen LogP contribution in [-0.4, -0.2) is 23.2 Å². The van der Waals surface area contributed by atoms with Gasteiger partial charge in [-0.05, 0) is 28.1 Å². The zero-order valence-corrected chi connectivity index (χ0v) is 11.5. The first kappa shape index (κ1) is 12.2. The molecule has 6 nitrogen and oxygen atoms in total. The van der Waals surface area contributed by atoms with Crippen molar-refractivity contribution in [3.05, 3.63) is 29.0 Å². The minimum Gasteiger partial charge on any atom is -0.486 e. The lowest BCUT2D eigenvalue weighted by Crippen LogP contribution is -2.16. The van der Waals surface area contributed by atoms with Crippen molar-refractivity contribution in [3.63, 3.8) is 0 Å². The van der Waals surface area contributed by atoms with Crippen molar-refractivity contribution in [1.29, 1.82) is 0 Å². The summed E-state index contributed by atoms with van der Waals surface area (Å²) in [6.07, 6.45) is 3.19. The maximum Gasteiger partial charge on any atom is 0.175 e. The number of nitrogens with zero attached hydrogens (tertiary/aromatic N) is 2. The Morgan fingerprint density at radius 1 is 1.16 bits per heavy atom. The number of halogens is 1. The molecule has 0 radical (unpaired) electrons. The van der Waals surface area contributed by atoms with Crippen LogP contribution in [0.1, 0.15) is 0 Å². The van der Waals surface area contributed by atoms with E-state index in [0.29, 0.717) is 36.2 Å². The fraction of sp³-hybridized carbons (Fsp3) is 0.167. The number of fused-ring (bicyclic) bond motifs is 1. The highest BCUT2D eigenvalue weighted by Gasteiger charge is 2.18. The number of nitrogens with one attached hydrogen (secondary N) is 1. The Morgan fingerprint density at radius 2 is 1.95 bits per heavy atom. The molecular formula is C12H11BrN4O2. The molecule has 0 aliphatic carbocycles. The molecule has 0 fully saturated rings. The summed E-state index contributed by atoms with van der Waals surface area (Å²) >= 11 is 3.47. The van der Waals surface area contributed by atoms with Crippen LogP contribution in [-0.2, 0) is 0 Å². The zero-order valence-electron chi connectivity index (χ0n) is 9.89. The fourth-order valence-electron chi connectivity index (χ4n) is 1.90. The fourth-order valence-corrected chi connectivity index (χ4v) is 2.46. The quantitative estimate of drug-likeness (QED) is 0.649. The van der Waals surface area contributed by atoms with Gasteiger partial charge in [0.05, 0.1) is 4.47 Å². The summed E-state index contributed by atoms with van der Waals surface area (Å²) in [5, 5.41) is 0. The highest BCUT2D eigenvalue weighted by Crippen LogP contribution is 2.41. The summed E-state index contributed by atoms with van der Waals surface area (Å²) in [4.78, 5) is 8.42. The van der Waals surface area contributed by atoms with Crippen molar-refractivity contribution in [2.45, 2.75) is 0 Å². The van der Waals surface area contributed by atoms with Crippen LogP contribution in [0.15, 0.2) is 29.0 Å². The molecule has 1 aromatic carbocycles. The zero-order chi connectivity index (χ0) is 13.2. The number of anilines is 1. The number of hydrogen-bond acceptors (Lipinski definition) is 6. The van der Waals surface area contributed by atoms with Gasteiger partial charge >= 0.3 is 0 Å². The molecule has 1 aromatic heterocycles. The van der Waals surface area contributed by atoms with Crippen LogP contribution >= 0.6 is 15.9 Å². The topological polar surface area (TPSA) is 82.3 Å². The standard InChI is InChI=1S/C12H11BrN4O2/c13-8-5-7(6-9-11(8)19-4-3-18-9)10-12(17-14)16-2-1-15-10/h1-2,5-6H,3-4,14H2,(H,16,17). The van der Waals surface area contributed by atoms with E-state index in [1.54, 1.807) is 12.4 Å². The molecule has 3 rings (SSSR count). The maximum atomic E-state index is 5.59. The average Bonchev–Trinajstić information content (AvgIpc) is 2.47. The summed E-state index contributed by atoms with van der Waals surface area (Å²) in [5.74, 6) is 7.34. The van der Waals surface area contributed by atoms with Gasteiger partial charge < -0.3 is 14.9 Å². The molecule has 0 saturated heterocycles. The van der Waals surface area contributed by atoms with Crippen molar-refractivity contribution in [2.75, 3.05) is 18.6 Å². The highest BCUT2D eigenvalue weighted by atomic mass is 79.9. The van der Waals surface area contributed by atoms with Crippen molar-refractivity contribution in [2.24, 2.45) is 5.84 Å². The Kier molecular flexibility index (Phi) is 3.22. The van der Waals surface area contributed by atoms with Crippen LogP contribution in [0.2, 0.25) is 0 Å². The van der Waals surface area contributed by atoms with Crippen molar-refractivity contribution < 1.29 is 9.47 Å². The van der Waals surface area contributed by atoms with Gasteiger partial charge in [0.25, 0.3) is 0 Å². The Bertz CT molecular complexity index is 621. The minimum absolute atomic E-state index is 0.506. The smallest absolute Gasteiger partial charge is 0.175 e. The van der Waals surface area contributed by atoms with Gasteiger partial charge in [-0.3, -0.25) is 4.98 Å². The van der Waals surface area contributed by atoms with E-state index < -0.39 is 0 Å². The van der Waals surface area contributed by atoms with Gasteiger partial charge in [0.15, 0.2) is 17.3 Å². The van der Waals surface area contributed by atoms with E-state index in [1.807, 2.05) is 12.1 Å². The third-order valence-electron chi connectivity index (χ3n) is 2.71. The van der Waals surface area contributed by atoms with Crippen LogP contribution in [0, 0.1) is 0 Å². The highest BCUT2D eigenvalue weighted by molar-refractivity contribution is 9.10. The lowest BCUT2D eigenvalue weighted by atomic mass is 10.1. The summed E-state index contributed by atoms with van der Waals surface area (Å²) in [5.41, 5.74) is 4.03. The van der Waals surface area contributed by atoms with Gasteiger partial charge in [0, 0.05) is 18.0 Å². The molecule has 0 saturated carbocycles. The molecule has 2 aromatic rings. The summed E-state index contributed by atoms with van der Waals surface area (Å²) < 4.78 is 12.0. The number of ether oxygens (including phenoxy) is 2. The first-order valence-corrected chi connectivity index (χ1v) is 6.46. The van der Waals surface area contributed by atoms with Crippen molar-refractivity contribution in [1.82, 2.24) is 9.97 Å². The molecule has 19 heavy (non-hydrogen) atoms. The molecule has 0 bridgehead atoms. The number of rotatable bonds is 2. The molecule has 2 heterocycles. The molecule has 98 valence electrons. The Balaban J connectivity index is 2.13. The first-order chi connectivity index (χ1) is 9.29. The molecular weight excluding hydrogens is 312 g/mol. The predicted molar refractivity (Wildman–Crippen MR) is 74.0 cm³/mol. The first-order valence-electron chi connectivity index (χ1n) is 5.66. The summed E-state index contributed by atoms with van der Waals surface area (Å²) in [7, 11) is 0. The van der Waals surface area contributed by atoms with Gasteiger partial charge in [-0.15, -0.1) is 0 Å². The molecule has 0 amide bonds. The second-order valence-electron chi connectivity index (χ2n) is 3.88. The normalized spacial score (nSPS) is 13.2. The van der Waals surface area contributed by atoms with Crippen molar-refractivity contribution in [3.8, 4) is 22.8 Å². The van der Waals surface area contributed by atoms with Gasteiger partial charge in [-0.25, -0.2) is 10.8 Å². The second kappa shape index (κ2) is 5.02. The molecule has 0 spiro atoms. The van der Waals surface area contributed by atoms with E-state index in [4.69, 9.17) is 15.3 Å². The molecule has 3 N–H and O–H groups in total. The monoisotopic (exact) mass is 322 g/mol. The van der Waals surface area contributed by atoms with E-state index in [2.05, 4.69) is 31.3 Å². The van der Waals surface area contributed by atoms with Crippen molar-refractivity contribution >= 4 is 21.7 Å². The number of hydrazine groups is 1. The number of nitrogen functional groups attached to an aromatic ring is 1. The van der Waals surface area contributed by atoms with Crippen LogP contribution < -0.4 is 20.7 Å². The van der Waals surface area contributed by atoms with Gasteiger partial charge in [-0.2, -0.15) is 0 Å². The van der Waals surface area contributed by atoms with Crippen LogP contribution in [0.5, 0.6) is 11.5 Å². The third-order valence-corrected chi connectivity index (χ3v) is 3.29. The largest absolute Gasteiger partial charge is 0.486 e. The Hall–Kier alpha value is -1.86. The predicted octanol–water partition coefficient (Wildman–Crippen LogP) is 1.96. The van der Waals surface area contributed by atoms with E-state index in [9.17, 15) is 0 Å². The molecule has 1 aliphatic heterocycles. The van der Waals surface area contributed by atoms with Crippen LogP contribution in [0.4, 0.5) is 5.82 Å². The molecule has 7 heteroatoms. The molecule has 0 atom stereocenters. The molecule has 1 aliphatic rings. The number of nitrogens with two attached hydrogens (primary N) is 1. The van der Waals surface area contributed by atoms with Crippen LogP contribution in [0.25, 0.3) is 11.3 Å². The van der Waals surface area contributed by atoms with E-state index in [0.717, 1.165) is 10.0 Å². The molecule has 0 unspecified atom stereocenters. The maximum absolute atomic E-state index is 5.59. The number of hydrogen-bond donors (Lipinski definition) is 2. The van der Waals surface area contributed by atoms with E-state index >= 15 is 0 Å². The minimum atomic E-state index is 0.506. The van der Waals surface area contributed by atoms with Gasteiger partial charge in [0.1, 0.15) is 18.9 Å². The summed E-state index contributed by atoms with van der Waals surface area (Å²) in [6, 6.07) is 3.77. The second-order valence-corrected chi connectivity index (χ2v) is 4.73. The van der Waals surface area contributed by atoms with Gasteiger partial charge in [0.2, 0.25) is 0 Å². The Morgan fingerprint density at radius 3 is 2.79 bits per heavy atom. The number of aromatic nitrogens is 2. The van der Waals surface area contributed by atoms with Gasteiger partial charge in [-0.1, -0.05) is 0 Å². The number of benzene rings is 1.